The van der Waals surface area contributed by atoms with Crippen molar-refractivity contribution in [3.8, 4) is 0 Å². The van der Waals surface area contributed by atoms with Crippen molar-refractivity contribution in [3.63, 3.8) is 0 Å². The lowest BCUT2D eigenvalue weighted by Crippen LogP contribution is -2.07. The quantitative estimate of drug-likeness (QED) is 0.915. The van der Waals surface area contributed by atoms with Crippen LogP contribution < -0.4 is 0 Å². The van der Waals surface area contributed by atoms with E-state index in [1.54, 1.807) is 0 Å². The second-order valence-corrected chi connectivity index (χ2v) is 6.30. The van der Waals surface area contributed by atoms with Crippen molar-refractivity contribution in [3.05, 3.63) is 59.3 Å². The summed E-state index contributed by atoms with van der Waals surface area (Å²) < 4.78 is 41.7. The van der Waals surface area contributed by atoms with Gasteiger partial charge in [-0.1, -0.05) is 12.1 Å². The first-order valence-electron chi connectivity index (χ1n) is 5.62. The van der Waals surface area contributed by atoms with Gasteiger partial charge in [0.05, 0.1) is 5.75 Å². The Hall–Kier alpha value is -2.15. The first-order chi connectivity index (χ1) is 9.35. The Bertz CT molecular complexity index is 733. The topological polar surface area (TPSA) is 84.6 Å². The number of carboxylic acids is 1. The van der Waals surface area contributed by atoms with E-state index in [0.717, 1.165) is 6.07 Å². The Morgan fingerprint density at radius 1 is 1.20 bits per heavy atom. The molecule has 7 heteroatoms. The monoisotopic (exact) mass is 298 g/mol. The summed E-state index contributed by atoms with van der Waals surface area (Å²) in [6, 6.07) is 7.78. The standard InChI is InChI=1S/C13H11FO5S/c14-10-3-1-2-9(6-10)7-20(17,18)8-11-4-5-12(19-11)13(15)16/h1-6H,7-8H2,(H,15,16). The molecule has 20 heavy (non-hydrogen) atoms. The summed E-state index contributed by atoms with van der Waals surface area (Å²) in [4.78, 5) is 10.6. The van der Waals surface area contributed by atoms with Gasteiger partial charge in [0.2, 0.25) is 5.76 Å². The number of carboxylic acid groups (broad SMARTS) is 1. The second kappa shape index (κ2) is 5.46. The summed E-state index contributed by atoms with van der Waals surface area (Å²) in [5.74, 6) is -2.83. The molecule has 0 spiro atoms. The van der Waals surface area contributed by atoms with E-state index in [9.17, 15) is 17.6 Å². The Morgan fingerprint density at radius 2 is 1.95 bits per heavy atom. The number of carbonyl (C=O) groups is 1. The van der Waals surface area contributed by atoms with Gasteiger partial charge >= 0.3 is 5.97 Å². The molecular formula is C13H11FO5S. The van der Waals surface area contributed by atoms with Gasteiger partial charge in [-0.2, -0.15) is 0 Å². The number of rotatable bonds is 5. The molecule has 0 atom stereocenters. The van der Waals surface area contributed by atoms with Gasteiger partial charge in [-0.25, -0.2) is 17.6 Å². The molecule has 5 nitrogen and oxygen atoms in total. The molecule has 0 unspecified atom stereocenters. The van der Waals surface area contributed by atoms with Gasteiger partial charge in [-0.3, -0.25) is 0 Å². The SMILES string of the molecule is O=C(O)c1ccc(CS(=O)(=O)Cc2cccc(F)c2)o1. The molecule has 0 aliphatic carbocycles. The maximum atomic E-state index is 13.0. The fraction of sp³-hybridized carbons (Fsp3) is 0.154. The Kier molecular flexibility index (Phi) is 3.89. The molecule has 0 amide bonds. The van der Waals surface area contributed by atoms with Gasteiger partial charge < -0.3 is 9.52 Å². The number of benzene rings is 1. The Labute approximate surface area is 114 Å². The number of furan rings is 1. The predicted octanol–water partition coefficient (Wildman–Crippen LogP) is 2.23. The summed E-state index contributed by atoms with van der Waals surface area (Å²) in [6.45, 7) is 0. The number of sulfone groups is 1. The van der Waals surface area contributed by atoms with Crippen molar-refractivity contribution in [2.24, 2.45) is 0 Å². The predicted molar refractivity (Wildman–Crippen MR) is 68.4 cm³/mol. The van der Waals surface area contributed by atoms with Crippen molar-refractivity contribution in [1.29, 1.82) is 0 Å². The molecule has 0 saturated heterocycles. The molecule has 2 aromatic rings. The van der Waals surface area contributed by atoms with E-state index in [-0.39, 0.29) is 17.3 Å². The zero-order valence-electron chi connectivity index (χ0n) is 10.2. The lowest BCUT2D eigenvalue weighted by molar-refractivity contribution is 0.0660. The number of aromatic carboxylic acids is 1. The fourth-order valence-electron chi connectivity index (χ4n) is 1.72. The molecule has 0 radical (unpaired) electrons. The Balaban J connectivity index is 2.12. The minimum atomic E-state index is -3.57. The third-order valence-electron chi connectivity index (χ3n) is 2.51. The molecule has 1 aromatic carbocycles. The van der Waals surface area contributed by atoms with Gasteiger partial charge in [-0.15, -0.1) is 0 Å². The molecule has 0 saturated carbocycles. The van der Waals surface area contributed by atoms with Crippen LogP contribution in [0.15, 0.2) is 40.8 Å². The summed E-state index contributed by atoms with van der Waals surface area (Å²) in [7, 11) is -3.57. The summed E-state index contributed by atoms with van der Waals surface area (Å²) in [5, 5.41) is 8.68. The van der Waals surface area contributed by atoms with Crippen LogP contribution in [0.4, 0.5) is 4.39 Å². The van der Waals surface area contributed by atoms with Crippen molar-refractivity contribution < 1.29 is 27.1 Å². The molecule has 1 N–H and O–H groups in total. The molecule has 0 bridgehead atoms. The molecule has 0 fully saturated rings. The highest BCUT2D eigenvalue weighted by molar-refractivity contribution is 7.89. The van der Waals surface area contributed by atoms with E-state index < -0.39 is 27.4 Å². The second-order valence-electron chi connectivity index (χ2n) is 4.23. The molecule has 106 valence electrons. The molecule has 1 heterocycles. The van der Waals surface area contributed by atoms with Crippen LogP contribution in [0.25, 0.3) is 0 Å². The molecule has 2 rings (SSSR count). The number of hydrogen-bond donors (Lipinski definition) is 1. The number of hydrogen-bond acceptors (Lipinski definition) is 4. The van der Waals surface area contributed by atoms with Gasteiger partial charge in [0.1, 0.15) is 17.3 Å². The highest BCUT2D eigenvalue weighted by Gasteiger charge is 2.17. The average Bonchev–Trinajstić information content (AvgIpc) is 2.75. The van der Waals surface area contributed by atoms with E-state index in [1.807, 2.05) is 0 Å². The molecular weight excluding hydrogens is 287 g/mol. The van der Waals surface area contributed by atoms with Crippen LogP contribution in [0.1, 0.15) is 21.9 Å². The maximum absolute atomic E-state index is 13.0. The van der Waals surface area contributed by atoms with Crippen LogP contribution in [0, 0.1) is 5.82 Å². The van der Waals surface area contributed by atoms with Crippen molar-refractivity contribution in [1.82, 2.24) is 0 Å². The van der Waals surface area contributed by atoms with Crippen LogP contribution in [-0.4, -0.2) is 19.5 Å². The van der Waals surface area contributed by atoms with E-state index in [4.69, 9.17) is 9.52 Å². The molecule has 0 aliphatic rings. The molecule has 0 aliphatic heterocycles. The summed E-state index contributed by atoms with van der Waals surface area (Å²) >= 11 is 0. The average molecular weight is 298 g/mol. The summed E-state index contributed by atoms with van der Waals surface area (Å²) in [5.41, 5.74) is 0.329. The Morgan fingerprint density at radius 3 is 2.55 bits per heavy atom. The molecule has 1 aromatic heterocycles. The zero-order valence-corrected chi connectivity index (χ0v) is 11.1. The van der Waals surface area contributed by atoms with Crippen LogP contribution in [0.3, 0.4) is 0 Å². The van der Waals surface area contributed by atoms with Crippen LogP contribution in [0.2, 0.25) is 0 Å². The van der Waals surface area contributed by atoms with E-state index in [0.29, 0.717) is 5.56 Å². The van der Waals surface area contributed by atoms with Crippen LogP contribution in [0.5, 0.6) is 0 Å². The first-order valence-corrected chi connectivity index (χ1v) is 7.45. The van der Waals surface area contributed by atoms with Crippen molar-refractivity contribution in [2.75, 3.05) is 0 Å². The highest BCUT2D eigenvalue weighted by atomic mass is 32.2. The number of halogens is 1. The highest BCUT2D eigenvalue weighted by Crippen LogP contribution is 2.15. The smallest absolute Gasteiger partial charge is 0.371 e. The third-order valence-corrected chi connectivity index (χ3v) is 4.01. The van der Waals surface area contributed by atoms with E-state index in [2.05, 4.69) is 0 Å². The van der Waals surface area contributed by atoms with Crippen LogP contribution in [-0.2, 0) is 21.3 Å². The van der Waals surface area contributed by atoms with Gasteiger partial charge in [0, 0.05) is 0 Å². The van der Waals surface area contributed by atoms with E-state index >= 15 is 0 Å². The largest absolute Gasteiger partial charge is 0.475 e. The maximum Gasteiger partial charge on any atom is 0.371 e. The van der Waals surface area contributed by atoms with E-state index in [1.165, 1.54) is 30.3 Å². The minimum Gasteiger partial charge on any atom is -0.475 e. The van der Waals surface area contributed by atoms with Gasteiger partial charge in [0.15, 0.2) is 9.84 Å². The fourth-order valence-corrected chi connectivity index (χ4v) is 3.10. The summed E-state index contributed by atoms with van der Waals surface area (Å²) in [6.07, 6.45) is 0. The third kappa shape index (κ3) is 3.67. The minimum absolute atomic E-state index is 0.0406. The first kappa shape index (κ1) is 14.3. The lowest BCUT2D eigenvalue weighted by atomic mass is 10.2. The normalized spacial score (nSPS) is 11.4. The van der Waals surface area contributed by atoms with Gasteiger partial charge in [0.25, 0.3) is 0 Å². The van der Waals surface area contributed by atoms with Crippen LogP contribution >= 0.6 is 0 Å². The van der Waals surface area contributed by atoms with Crippen molar-refractivity contribution >= 4 is 15.8 Å². The van der Waals surface area contributed by atoms with Gasteiger partial charge in [-0.05, 0) is 29.8 Å². The van der Waals surface area contributed by atoms with Crippen molar-refractivity contribution in [2.45, 2.75) is 11.5 Å². The zero-order chi connectivity index (χ0) is 14.8. The lowest BCUT2D eigenvalue weighted by Gasteiger charge is -2.03.